The summed E-state index contributed by atoms with van der Waals surface area (Å²) in [6.07, 6.45) is -2.18. The van der Waals surface area contributed by atoms with Crippen molar-refractivity contribution in [2.24, 2.45) is 10.9 Å². The zero-order chi connectivity index (χ0) is 24.4. The molecule has 0 saturated heterocycles. The van der Waals surface area contributed by atoms with Gasteiger partial charge in [0.1, 0.15) is 0 Å². The van der Waals surface area contributed by atoms with Crippen molar-refractivity contribution in [1.82, 2.24) is 10.6 Å². The first-order chi connectivity index (χ1) is 14.2. The van der Waals surface area contributed by atoms with Gasteiger partial charge in [0.05, 0.1) is 18.3 Å². The fourth-order valence-electron chi connectivity index (χ4n) is 1.96. The molecule has 0 radical (unpaired) electrons. The second-order valence-corrected chi connectivity index (χ2v) is 6.79. The van der Waals surface area contributed by atoms with E-state index in [1.165, 1.54) is 6.92 Å². The topological polar surface area (TPSA) is 53.5 Å². The number of allylic oxidation sites excluding steroid dienone is 5. The highest BCUT2D eigenvalue weighted by Crippen LogP contribution is 2.29. The number of amides is 1. The van der Waals surface area contributed by atoms with Crippen LogP contribution in [0.25, 0.3) is 0 Å². The Labute approximate surface area is 181 Å². The van der Waals surface area contributed by atoms with Gasteiger partial charge in [0.25, 0.3) is 5.91 Å². The lowest BCUT2D eigenvalue weighted by atomic mass is 10.0. The molecule has 0 aromatic carbocycles. The molecule has 4 nitrogen and oxygen atoms in total. The van der Waals surface area contributed by atoms with E-state index in [4.69, 9.17) is 11.6 Å². The lowest BCUT2D eigenvalue weighted by Gasteiger charge is -2.19. The van der Waals surface area contributed by atoms with E-state index in [1.54, 1.807) is 0 Å². The summed E-state index contributed by atoms with van der Waals surface area (Å²) < 4.78 is 76.5. The van der Waals surface area contributed by atoms with Crippen molar-refractivity contribution in [2.45, 2.75) is 32.5 Å². The predicted molar refractivity (Wildman–Crippen MR) is 110 cm³/mol. The molecule has 0 aromatic heterocycles. The van der Waals surface area contributed by atoms with E-state index >= 15 is 0 Å². The zero-order valence-corrected chi connectivity index (χ0v) is 17.5. The minimum atomic E-state index is -4.44. The molecule has 2 atom stereocenters. The summed E-state index contributed by atoms with van der Waals surface area (Å²) in [5, 5.41) is 4.56. The molecule has 0 fully saturated rings. The van der Waals surface area contributed by atoms with E-state index in [0.717, 1.165) is 19.1 Å². The van der Waals surface area contributed by atoms with Gasteiger partial charge in [0.15, 0.2) is 11.7 Å². The maximum Gasteiger partial charge on any atom is 0.391 e. The van der Waals surface area contributed by atoms with Gasteiger partial charge in [-0.05, 0) is 31.6 Å². The smallest absolute Gasteiger partial charge is 0.327 e. The molecule has 2 unspecified atom stereocenters. The number of carbonyl (C=O) groups excluding carboxylic acids is 1. The van der Waals surface area contributed by atoms with E-state index in [1.807, 2.05) is 0 Å². The number of carbonyl (C=O) groups is 1. The van der Waals surface area contributed by atoms with Crippen LogP contribution in [0.15, 0.2) is 77.2 Å². The molecular weight excluding hydrogens is 448 g/mol. The minimum absolute atomic E-state index is 0.0114. The van der Waals surface area contributed by atoms with Crippen LogP contribution in [-0.4, -0.2) is 24.1 Å². The van der Waals surface area contributed by atoms with Gasteiger partial charge in [-0.2, -0.15) is 13.2 Å². The Balaban J connectivity index is 5.67. The van der Waals surface area contributed by atoms with E-state index in [2.05, 4.69) is 35.4 Å². The number of alkyl halides is 3. The first-order valence-electron chi connectivity index (χ1n) is 8.64. The molecule has 0 rings (SSSR count). The van der Waals surface area contributed by atoms with Crippen molar-refractivity contribution in [1.29, 1.82) is 0 Å². The van der Waals surface area contributed by atoms with E-state index < -0.39 is 47.7 Å². The maximum atomic E-state index is 13.3. The van der Waals surface area contributed by atoms with Crippen LogP contribution >= 0.6 is 11.6 Å². The normalized spacial score (nSPS) is 15.5. The SMILES string of the molecule is C=C(/C=C(Cl)\C=C\F)NC(=NC(C)CC(C)C(F)(F)F)NC(=O)C(=C)/C=C(/F)C(=C)F. The second-order valence-electron chi connectivity index (χ2n) is 6.35. The number of halogens is 7. The van der Waals surface area contributed by atoms with Crippen LogP contribution in [0.2, 0.25) is 0 Å². The second kappa shape index (κ2) is 12.8. The van der Waals surface area contributed by atoms with E-state index in [0.29, 0.717) is 6.08 Å². The summed E-state index contributed by atoms with van der Waals surface area (Å²) in [7, 11) is 0. The average molecular weight is 470 g/mol. The van der Waals surface area contributed by atoms with Gasteiger partial charge < -0.3 is 5.32 Å². The Hall–Kier alpha value is -2.75. The lowest BCUT2D eigenvalue weighted by Crippen LogP contribution is -2.41. The van der Waals surface area contributed by atoms with Crippen molar-refractivity contribution >= 4 is 23.5 Å². The molecule has 0 aromatic rings. The molecule has 172 valence electrons. The number of rotatable bonds is 9. The van der Waals surface area contributed by atoms with Crippen molar-refractivity contribution in [3.05, 3.63) is 72.3 Å². The minimum Gasteiger partial charge on any atom is -0.327 e. The average Bonchev–Trinajstić information content (AvgIpc) is 2.60. The monoisotopic (exact) mass is 469 g/mol. The van der Waals surface area contributed by atoms with Crippen molar-refractivity contribution < 1.29 is 31.1 Å². The number of nitrogens with one attached hydrogen (secondary N) is 2. The summed E-state index contributed by atoms with van der Waals surface area (Å²) >= 11 is 5.70. The fourth-order valence-corrected chi connectivity index (χ4v) is 2.14. The van der Waals surface area contributed by atoms with Crippen molar-refractivity contribution in [3.8, 4) is 0 Å². The molecule has 31 heavy (non-hydrogen) atoms. The third kappa shape index (κ3) is 11.9. The van der Waals surface area contributed by atoms with Gasteiger partial charge in [-0.15, -0.1) is 0 Å². The quantitative estimate of drug-likeness (QED) is 0.142. The largest absolute Gasteiger partial charge is 0.391 e. The first-order valence-corrected chi connectivity index (χ1v) is 9.01. The summed E-state index contributed by atoms with van der Waals surface area (Å²) in [6.45, 7) is 11.9. The Kier molecular flexibility index (Phi) is 11.7. The van der Waals surface area contributed by atoms with Crippen molar-refractivity contribution in [2.75, 3.05) is 0 Å². The van der Waals surface area contributed by atoms with Crippen LogP contribution in [0.3, 0.4) is 0 Å². The summed E-state index contributed by atoms with van der Waals surface area (Å²) in [6, 6.07) is -0.927. The Morgan fingerprint density at radius 2 is 1.71 bits per heavy atom. The number of guanidine groups is 1. The summed E-state index contributed by atoms with van der Waals surface area (Å²) in [5.41, 5.74) is -0.538. The molecule has 0 saturated carbocycles. The van der Waals surface area contributed by atoms with Crippen LogP contribution in [0, 0.1) is 5.92 Å². The van der Waals surface area contributed by atoms with E-state index in [-0.39, 0.29) is 23.0 Å². The first kappa shape index (κ1) is 28.2. The molecule has 0 aliphatic carbocycles. The highest BCUT2D eigenvalue weighted by molar-refractivity contribution is 6.31. The Bertz CT molecular complexity index is 827. The molecule has 11 heteroatoms. The van der Waals surface area contributed by atoms with Crippen LogP contribution in [0.4, 0.5) is 26.3 Å². The van der Waals surface area contributed by atoms with E-state index in [9.17, 15) is 31.1 Å². The van der Waals surface area contributed by atoms with Crippen LogP contribution in [0.5, 0.6) is 0 Å². The Morgan fingerprint density at radius 3 is 2.19 bits per heavy atom. The Morgan fingerprint density at radius 1 is 1.13 bits per heavy atom. The molecule has 0 aliphatic heterocycles. The van der Waals surface area contributed by atoms with Gasteiger partial charge in [0, 0.05) is 16.3 Å². The van der Waals surface area contributed by atoms with Crippen LogP contribution < -0.4 is 10.6 Å². The molecule has 0 aliphatic rings. The van der Waals surface area contributed by atoms with Crippen LogP contribution in [-0.2, 0) is 4.79 Å². The number of nitrogens with zero attached hydrogens (tertiary/aromatic N) is 1. The maximum absolute atomic E-state index is 13.3. The molecule has 2 N–H and O–H groups in total. The predicted octanol–water partition coefficient (Wildman–Crippen LogP) is 6.04. The van der Waals surface area contributed by atoms with Gasteiger partial charge in [-0.25, -0.2) is 18.2 Å². The summed E-state index contributed by atoms with van der Waals surface area (Å²) in [5.74, 6) is -5.94. The standard InChI is InChI=1S/C20H22ClF6N3O/c1-11(8-17(24)15(5)23)18(31)30-19(29-14(4)10-16(21)6-7-22)28-13(3)9-12(2)20(25,26)27/h6-8,10,12-13H,1,4-5,9H2,2-3H3,(H2,28,29,30,31)/b7-6+,16-10+,17-8+. The van der Waals surface area contributed by atoms with Gasteiger partial charge in [0.2, 0.25) is 5.96 Å². The third-order valence-corrected chi connectivity index (χ3v) is 3.74. The van der Waals surface area contributed by atoms with Crippen molar-refractivity contribution in [3.63, 3.8) is 0 Å². The molecule has 1 amide bonds. The van der Waals surface area contributed by atoms with Gasteiger partial charge >= 0.3 is 6.18 Å². The number of hydrogen-bond donors (Lipinski definition) is 2. The van der Waals surface area contributed by atoms with Gasteiger partial charge in [-0.1, -0.05) is 38.3 Å². The molecule has 0 bridgehead atoms. The summed E-state index contributed by atoms with van der Waals surface area (Å²) in [4.78, 5) is 16.1. The highest BCUT2D eigenvalue weighted by atomic mass is 35.5. The zero-order valence-electron chi connectivity index (χ0n) is 16.8. The molecule has 0 heterocycles. The molecular formula is C20H22ClF6N3O. The fraction of sp³-hybridized carbons (Fsp3) is 0.300. The third-order valence-electron chi connectivity index (χ3n) is 3.50. The molecule has 0 spiro atoms. The van der Waals surface area contributed by atoms with Crippen LogP contribution in [0.1, 0.15) is 20.3 Å². The highest BCUT2D eigenvalue weighted by Gasteiger charge is 2.36. The lowest BCUT2D eigenvalue weighted by molar-refractivity contribution is -0.171. The number of aliphatic imine (C=N–C) groups is 1. The number of hydrogen-bond acceptors (Lipinski definition) is 2. The van der Waals surface area contributed by atoms with Gasteiger partial charge in [-0.3, -0.25) is 10.1 Å².